The molecule has 0 spiro atoms. The topological polar surface area (TPSA) is 64.1 Å². The Labute approximate surface area is 196 Å². The molecule has 1 aliphatic rings. The molecular formula is C23H32IN3O3. The van der Waals surface area contributed by atoms with Gasteiger partial charge in [-0.05, 0) is 43.0 Å². The second kappa shape index (κ2) is 12.0. The third-order valence-electron chi connectivity index (χ3n) is 5.08. The molecule has 0 amide bonds. The number of halogens is 1. The van der Waals surface area contributed by atoms with Crippen LogP contribution in [0.4, 0.5) is 0 Å². The van der Waals surface area contributed by atoms with E-state index in [-0.39, 0.29) is 29.6 Å². The van der Waals surface area contributed by atoms with Crippen molar-refractivity contribution in [2.45, 2.75) is 38.5 Å². The van der Waals surface area contributed by atoms with E-state index in [9.17, 15) is 0 Å². The highest BCUT2D eigenvalue weighted by Crippen LogP contribution is 2.29. The summed E-state index contributed by atoms with van der Waals surface area (Å²) in [5, 5.41) is 6.70. The maximum absolute atomic E-state index is 5.93. The molecule has 2 N–H and O–H groups in total. The van der Waals surface area contributed by atoms with Crippen LogP contribution in [-0.2, 0) is 17.9 Å². The molecule has 30 heavy (non-hydrogen) atoms. The van der Waals surface area contributed by atoms with Crippen molar-refractivity contribution in [3.63, 3.8) is 0 Å². The van der Waals surface area contributed by atoms with Crippen LogP contribution in [0.3, 0.4) is 0 Å². The molecule has 0 radical (unpaired) electrons. The molecule has 1 heterocycles. The van der Waals surface area contributed by atoms with Crippen LogP contribution in [0, 0.1) is 0 Å². The highest BCUT2D eigenvalue weighted by Gasteiger charge is 2.29. The molecule has 7 heteroatoms. The number of hydrogen-bond acceptors (Lipinski definition) is 4. The molecule has 2 aromatic carbocycles. The fraction of sp³-hybridized carbons (Fsp3) is 0.435. The lowest BCUT2D eigenvalue weighted by atomic mass is 10.0. The summed E-state index contributed by atoms with van der Waals surface area (Å²) >= 11 is 0. The predicted octanol–water partition coefficient (Wildman–Crippen LogP) is 4.13. The number of methoxy groups -OCH3 is 1. The van der Waals surface area contributed by atoms with Gasteiger partial charge in [0.05, 0.1) is 12.7 Å². The van der Waals surface area contributed by atoms with Crippen LogP contribution < -0.4 is 20.1 Å². The van der Waals surface area contributed by atoms with Gasteiger partial charge in [0, 0.05) is 26.7 Å². The van der Waals surface area contributed by atoms with Gasteiger partial charge in [0.25, 0.3) is 0 Å². The highest BCUT2D eigenvalue weighted by molar-refractivity contribution is 14.0. The third-order valence-corrected chi connectivity index (χ3v) is 5.08. The van der Waals surface area contributed by atoms with E-state index in [1.54, 1.807) is 14.2 Å². The summed E-state index contributed by atoms with van der Waals surface area (Å²) in [5.74, 6) is 2.20. The first-order valence-electron chi connectivity index (χ1n) is 10.0. The zero-order chi connectivity index (χ0) is 20.5. The zero-order valence-corrected chi connectivity index (χ0v) is 20.3. The number of hydrogen-bond donors (Lipinski definition) is 2. The van der Waals surface area contributed by atoms with Gasteiger partial charge in [0.2, 0.25) is 0 Å². The van der Waals surface area contributed by atoms with E-state index >= 15 is 0 Å². The normalized spacial score (nSPS) is 18.4. The Morgan fingerprint density at radius 2 is 1.90 bits per heavy atom. The van der Waals surface area contributed by atoms with Gasteiger partial charge in [-0.2, -0.15) is 0 Å². The van der Waals surface area contributed by atoms with E-state index in [0.717, 1.165) is 54.6 Å². The van der Waals surface area contributed by atoms with Crippen LogP contribution in [0.2, 0.25) is 0 Å². The van der Waals surface area contributed by atoms with E-state index in [1.165, 1.54) is 0 Å². The summed E-state index contributed by atoms with van der Waals surface area (Å²) in [6, 6.07) is 16.1. The number of nitrogens with zero attached hydrogens (tertiary/aromatic N) is 1. The van der Waals surface area contributed by atoms with Gasteiger partial charge >= 0.3 is 0 Å². The smallest absolute Gasteiger partial charge is 0.191 e. The average Bonchev–Trinajstić information content (AvgIpc) is 3.20. The Hall–Kier alpha value is -2.00. The number of rotatable bonds is 8. The molecule has 1 unspecified atom stereocenters. The molecule has 1 atom stereocenters. The van der Waals surface area contributed by atoms with Crippen molar-refractivity contribution in [3.8, 4) is 11.5 Å². The van der Waals surface area contributed by atoms with Crippen molar-refractivity contribution in [3.05, 3.63) is 59.7 Å². The molecule has 0 aliphatic carbocycles. The monoisotopic (exact) mass is 525 g/mol. The fourth-order valence-electron chi connectivity index (χ4n) is 3.33. The van der Waals surface area contributed by atoms with Gasteiger partial charge in [-0.1, -0.05) is 36.4 Å². The molecule has 0 bridgehead atoms. The molecule has 1 saturated heterocycles. The molecule has 1 aliphatic heterocycles. The first-order chi connectivity index (χ1) is 14.1. The SMILES string of the molecule is CN=C(NCc1ccc(OCc2ccccc2)c(OC)c1)NCC1(C)CCCO1.I. The Kier molecular flexibility index (Phi) is 9.71. The molecule has 0 saturated carbocycles. The molecular weight excluding hydrogens is 493 g/mol. The maximum atomic E-state index is 5.93. The van der Waals surface area contributed by atoms with Crippen LogP contribution >= 0.6 is 24.0 Å². The van der Waals surface area contributed by atoms with Crippen molar-refractivity contribution in [1.29, 1.82) is 0 Å². The lowest BCUT2D eigenvalue weighted by Gasteiger charge is -2.24. The second-order valence-corrected chi connectivity index (χ2v) is 7.44. The summed E-state index contributed by atoms with van der Waals surface area (Å²) in [7, 11) is 3.43. The van der Waals surface area contributed by atoms with Crippen molar-refractivity contribution in [2.24, 2.45) is 4.99 Å². The first-order valence-corrected chi connectivity index (χ1v) is 10.0. The summed E-state index contributed by atoms with van der Waals surface area (Å²) in [6.07, 6.45) is 2.18. The molecule has 2 aromatic rings. The number of guanidine groups is 1. The minimum Gasteiger partial charge on any atom is -0.493 e. The predicted molar refractivity (Wildman–Crippen MR) is 131 cm³/mol. The maximum Gasteiger partial charge on any atom is 0.191 e. The molecule has 164 valence electrons. The lowest BCUT2D eigenvalue weighted by molar-refractivity contribution is 0.0243. The van der Waals surface area contributed by atoms with Gasteiger partial charge in [0.15, 0.2) is 17.5 Å². The Morgan fingerprint density at radius 3 is 2.57 bits per heavy atom. The van der Waals surface area contributed by atoms with E-state index in [4.69, 9.17) is 14.2 Å². The van der Waals surface area contributed by atoms with Gasteiger partial charge < -0.3 is 24.8 Å². The minimum atomic E-state index is -0.113. The van der Waals surface area contributed by atoms with Crippen LogP contribution in [0.1, 0.15) is 30.9 Å². The van der Waals surface area contributed by atoms with Crippen molar-refractivity contribution in [1.82, 2.24) is 10.6 Å². The summed E-state index contributed by atoms with van der Waals surface area (Å²) in [5.41, 5.74) is 2.09. The summed E-state index contributed by atoms with van der Waals surface area (Å²) in [4.78, 5) is 4.30. The standard InChI is InChI=1S/C23H31N3O3.HI/c1-23(12-7-13-29-23)17-26-22(24-2)25-15-19-10-11-20(21(14-19)27-3)28-16-18-8-5-4-6-9-18;/h4-6,8-11,14H,7,12-13,15-17H2,1-3H3,(H2,24,25,26);1H. The van der Waals surface area contributed by atoms with E-state index in [0.29, 0.717) is 13.2 Å². The quantitative estimate of drug-likeness (QED) is 0.309. The third kappa shape index (κ3) is 7.05. The van der Waals surface area contributed by atoms with Crippen molar-refractivity contribution < 1.29 is 14.2 Å². The zero-order valence-electron chi connectivity index (χ0n) is 17.9. The van der Waals surface area contributed by atoms with Crippen molar-refractivity contribution >= 4 is 29.9 Å². The van der Waals surface area contributed by atoms with Crippen LogP contribution in [0.25, 0.3) is 0 Å². The molecule has 0 aromatic heterocycles. The fourth-order valence-corrected chi connectivity index (χ4v) is 3.33. The highest BCUT2D eigenvalue weighted by atomic mass is 127. The molecule has 6 nitrogen and oxygen atoms in total. The molecule has 3 rings (SSSR count). The van der Waals surface area contributed by atoms with Gasteiger partial charge in [-0.25, -0.2) is 0 Å². The van der Waals surface area contributed by atoms with Gasteiger partial charge in [0.1, 0.15) is 6.61 Å². The van der Waals surface area contributed by atoms with E-state index in [2.05, 4.69) is 22.5 Å². The Morgan fingerprint density at radius 1 is 1.10 bits per heavy atom. The number of aliphatic imine (C=N–C) groups is 1. The van der Waals surface area contributed by atoms with E-state index in [1.807, 2.05) is 48.5 Å². The lowest BCUT2D eigenvalue weighted by Crippen LogP contribution is -2.45. The van der Waals surface area contributed by atoms with Crippen LogP contribution in [0.5, 0.6) is 11.5 Å². The molecule has 1 fully saturated rings. The summed E-state index contributed by atoms with van der Waals surface area (Å²) in [6.45, 7) is 4.85. The average molecular weight is 525 g/mol. The van der Waals surface area contributed by atoms with Crippen molar-refractivity contribution in [2.75, 3.05) is 27.3 Å². The van der Waals surface area contributed by atoms with Gasteiger partial charge in [-0.15, -0.1) is 24.0 Å². The number of nitrogens with one attached hydrogen (secondary N) is 2. The van der Waals surface area contributed by atoms with Crippen LogP contribution in [0.15, 0.2) is 53.5 Å². The Balaban J connectivity index is 0.00000320. The first kappa shape index (κ1) is 24.3. The number of benzene rings is 2. The minimum absolute atomic E-state index is 0. The van der Waals surface area contributed by atoms with Crippen LogP contribution in [-0.4, -0.2) is 38.9 Å². The Bertz CT molecular complexity index is 809. The van der Waals surface area contributed by atoms with Gasteiger partial charge in [-0.3, -0.25) is 4.99 Å². The largest absolute Gasteiger partial charge is 0.493 e. The van der Waals surface area contributed by atoms with E-state index < -0.39 is 0 Å². The summed E-state index contributed by atoms with van der Waals surface area (Å²) < 4.78 is 17.3. The second-order valence-electron chi connectivity index (χ2n) is 7.44. The number of ether oxygens (including phenoxy) is 3.